The third kappa shape index (κ3) is 3.00. The molecular weight excluding hydrogens is 228 g/mol. The highest BCUT2D eigenvalue weighted by atomic mass is 16.5. The quantitative estimate of drug-likeness (QED) is 0.860. The molecule has 1 N–H and O–H groups in total. The molecule has 0 bridgehead atoms. The van der Waals surface area contributed by atoms with Crippen molar-refractivity contribution in [2.75, 3.05) is 13.2 Å². The number of ether oxygens (including phenoxy) is 1. The van der Waals surface area contributed by atoms with Crippen LogP contribution in [0.2, 0.25) is 0 Å². The first-order valence-electron chi connectivity index (χ1n) is 6.74. The molecule has 0 radical (unpaired) electrons. The molecule has 100 valence electrons. The zero-order valence-electron chi connectivity index (χ0n) is 11.2. The summed E-state index contributed by atoms with van der Waals surface area (Å²) in [7, 11) is 0. The minimum absolute atomic E-state index is 0.117. The summed E-state index contributed by atoms with van der Waals surface area (Å²) < 4.78 is 7.46. The second-order valence-electron chi connectivity index (χ2n) is 4.83. The van der Waals surface area contributed by atoms with Crippen molar-refractivity contribution in [2.24, 2.45) is 0 Å². The van der Waals surface area contributed by atoms with E-state index in [4.69, 9.17) is 4.74 Å². The van der Waals surface area contributed by atoms with Gasteiger partial charge in [0.1, 0.15) is 0 Å². The molecular formula is C14H22N2O2. The van der Waals surface area contributed by atoms with Gasteiger partial charge < -0.3 is 14.6 Å². The summed E-state index contributed by atoms with van der Waals surface area (Å²) in [5.41, 5.74) is 1.96. The number of nitrogens with zero attached hydrogens (tertiary/aromatic N) is 1. The number of pyridine rings is 1. The molecule has 1 fully saturated rings. The van der Waals surface area contributed by atoms with E-state index in [1.165, 1.54) is 0 Å². The van der Waals surface area contributed by atoms with Crippen molar-refractivity contribution in [1.29, 1.82) is 0 Å². The van der Waals surface area contributed by atoms with Gasteiger partial charge in [0.15, 0.2) is 0 Å². The Morgan fingerprint density at radius 3 is 3.00 bits per heavy atom. The molecule has 18 heavy (non-hydrogen) atoms. The standard InChI is InChI=1S/C14H22N2O2/c1-3-15-9-12-7-6-11(2)16(14(12)17)10-13-5-4-8-18-13/h6-7,13,15H,3-5,8-10H2,1-2H3. The van der Waals surface area contributed by atoms with Gasteiger partial charge in [-0.2, -0.15) is 0 Å². The lowest BCUT2D eigenvalue weighted by Gasteiger charge is -2.16. The Morgan fingerprint density at radius 2 is 2.33 bits per heavy atom. The van der Waals surface area contributed by atoms with Crippen LogP contribution >= 0.6 is 0 Å². The van der Waals surface area contributed by atoms with Gasteiger partial charge in [-0.05, 0) is 32.4 Å². The van der Waals surface area contributed by atoms with Crippen molar-refractivity contribution >= 4 is 0 Å². The van der Waals surface area contributed by atoms with E-state index < -0.39 is 0 Å². The summed E-state index contributed by atoms with van der Waals surface area (Å²) in [6, 6.07) is 3.94. The van der Waals surface area contributed by atoms with Crippen molar-refractivity contribution in [3.8, 4) is 0 Å². The van der Waals surface area contributed by atoms with Gasteiger partial charge in [-0.15, -0.1) is 0 Å². The van der Waals surface area contributed by atoms with Crippen LogP contribution in [0.5, 0.6) is 0 Å². The molecule has 0 aliphatic carbocycles. The molecule has 4 nitrogen and oxygen atoms in total. The Hall–Kier alpha value is -1.13. The number of nitrogens with one attached hydrogen (secondary N) is 1. The molecule has 2 heterocycles. The highest BCUT2D eigenvalue weighted by molar-refractivity contribution is 5.15. The van der Waals surface area contributed by atoms with Gasteiger partial charge in [0.25, 0.3) is 5.56 Å². The molecule has 4 heteroatoms. The summed E-state index contributed by atoms with van der Waals surface area (Å²) in [4.78, 5) is 12.4. The summed E-state index contributed by atoms with van der Waals surface area (Å²) in [5, 5.41) is 3.20. The van der Waals surface area contributed by atoms with Crippen LogP contribution in [0.15, 0.2) is 16.9 Å². The van der Waals surface area contributed by atoms with E-state index in [1.54, 1.807) is 0 Å². The van der Waals surface area contributed by atoms with Crippen LogP contribution in [0, 0.1) is 6.92 Å². The topological polar surface area (TPSA) is 43.3 Å². The van der Waals surface area contributed by atoms with E-state index in [0.29, 0.717) is 13.1 Å². The van der Waals surface area contributed by atoms with Gasteiger partial charge in [-0.1, -0.05) is 13.0 Å². The smallest absolute Gasteiger partial charge is 0.255 e. The fraction of sp³-hybridized carbons (Fsp3) is 0.643. The summed E-state index contributed by atoms with van der Waals surface area (Å²) in [5.74, 6) is 0. The Morgan fingerprint density at radius 1 is 1.50 bits per heavy atom. The van der Waals surface area contributed by atoms with E-state index in [-0.39, 0.29) is 11.7 Å². The maximum Gasteiger partial charge on any atom is 0.255 e. The molecule has 1 aliphatic rings. The van der Waals surface area contributed by atoms with Crippen molar-refractivity contribution in [1.82, 2.24) is 9.88 Å². The summed E-state index contributed by atoms with van der Waals surface area (Å²) in [6.07, 6.45) is 2.37. The predicted molar refractivity (Wildman–Crippen MR) is 71.8 cm³/mol. The number of aromatic nitrogens is 1. The lowest BCUT2D eigenvalue weighted by atomic mass is 10.2. The van der Waals surface area contributed by atoms with Gasteiger partial charge >= 0.3 is 0 Å². The van der Waals surface area contributed by atoms with E-state index in [1.807, 2.05) is 30.5 Å². The van der Waals surface area contributed by atoms with E-state index in [2.05, 4.69) is 5.32 Å². The molecule has 0 amide bonds. The van der Waals surface area contributed by atoms with Gasteiger partial charge in [-0.25, -0.2) is 0 Å². The maximum atomic E-state index is 12.4. The van der Waals surface area contributed by atoms with Crippen molar-refractivity contribution in [3.63, 3.8) is 0 Å². The van der Waals surface area contributed by atoms with Crippen LogP contribution in [0.25, 0.3) is 0 Å². The summed E-state index contributed by atoms with van der Waals surface area (Å²) >= 11 is 0. The van der Waals surface area contributed by atoms with Crippen molar-refractivity contribution in [3.05, 3.63) is 33.7 Å². The molecule has 1 aromatic rings. The monoisotopic (exact) mass is 250 g/mol. The molecule has 1 aromatic heterocycles. The Balaban J connectivity index is 2.18. The number of aryl methyl sites for hydroxylation is 1. The third-order valence-corrected chi connectivity index (χ3v) is 3.45. The van der Waals surface area contributed by atoms with E-state index in [0.717, 1.165) is 37.3 Å². The zero-order chi connectivity index (χ0) is 13.0. The molecule has 1 unspecified atom stereocenters. The van der Waals surface area contributed by atoms with Crippen LogP contribution < -0.4 is 10.9 Å². The Bertz CT molecular complexity index is 448. The second-order valence-corrected chi connectivity index (χ2v) is 4.83. The van der Waals surface area contributed by atoms with Crippen LogP contribution in [-0.4, -0.2) is 23.8 Å². The first-order valence-corrected chi connectivity index (χ1v) is 6.74. The summed E-state index contributed by atoms with van der Waals surface area (Å²) in [6.45, 7) is 7.05. The van der Waals surface area contributed by atoms with E-state index in [9.17, 15) is 4.79 Å². The second kappa shape index (κ2) is 6.16. The number of rotatable bonds is 5. The van der Waals surface area contributed by atoms with Crippen LogP contribution in [0.3, 0.4) is 0 Å². The average Bonchev–Trinajstić information content (AvgIpc) is 2.86. The minimum atomic E-state index is 0.117. The van der Waals surface area contributed by atoms with Crippen LogP contribution in [0.1, 0.15) is 31.0 Å². The minimum Gasteiger partial charge on any atom is -0.376 e. The average molecular weight is 250 g/mol. The van der Waals surface area contributed by atoms with Crippen LogP contribution in [0.4, 0.5) is 0 Å². The third-order valence-electron chi connectivity index (χ3n) is 3.45. The molecule has 0 saturated carbocycles. The molecule has 0 spiro atoms. The molecule has 1 saturated heterocycles. The fourth-order valence-corrected chi connectivity index (χ4v) is 2.33. The molecule has 0 aromatic carbocycles. The molecule has 2 rings (SSSR count). The largest absolute Gasteiger partial charge is 0.376 e. The highest BCUT2D eigenvalue weighted by Gasteiger charge is 2.17. The van der Waals surface area contributed by atoms with E-state index >= 15 is 0 Å². The van der Waals surface area contributed by atoms with Crippen LogP contribution in [-0.2, 0) is 17.8 Å². The van der Waals surface area contributed by atoms with Gasteiger partial charge in [0.05, 0.1) is 12.6 Å². The zero-order valence-corrected chi connectivity index (χ0v) is 11.2. The SMILES string of the molecule is CCNCc1ccc(C)n(CC2CCCO2)c1=O. The molecule has 1 atom stereocenters. The number of hydrogen-bond donors (Lipinski definition) is 1. The lowest BCUT2D eigenvalue weighted by molar-refractivity contribution is 0.0956. The fourth-order valence-electron chi connectivity index (χ4n) is 2.33. The Labute approximate surface area is 108 Å². The predicted octanol–water partition coefficient (Wildman–Crippen LogP) is 1.45. The number of hydrogen-bond acceptors (Lipinski definition) is 3. The highest BCUT2D eigenvalue weighted by Crippen LogP contribution is 2.14. The Kier molecular flexibility index (Phi) is 4.55. The van der Waals surface area contributed by atoms with Crippen molar-refractivity contribution < 1.29 is 4.74 Å². The van der Waals surface area contributed by atoms with Crippen molar-refractivity contribution in [2.45, 2.75) is 45.9 Å². The van der Waals surface area contributed by atoms with Gasteiger partial charge in [0.2, 0.25) is 0 Å². The molecule has 1 aliphatic heterocycles. The normalized spacial score (nSPS) is 19.3. The maximum absolute atomic E-state index is 12.4. The first-order chi connectivity index (χ1) is 8.72. The first kappa shape index (κ1) is 13.3. The van der Waals surface area contributed by atoms with Gasteiger partial charge in [0, 0.05) is 24.4 Å². The van der Waals surface area contributed by atoms with Gasteiger partial charge in [-0.3, -0.25) is 4.79 Å². The lowest BCUT2D eigenvalue weighted by Crippen LogP contribution is -2.32.